The number of benzene rings is 3. The number of halogens is 1. The number of para-hydroxylation sites is 1. The van der Waals surface area contributed by atoms with E-state index in [1.54, 1.807) is 30.3 Å². The van der Waals surface area contributed by atoms with Crippen LogP contribution in [0.3, 0.4) is 0 Å². The number of nitrogens with one attached hydrogen (secondary N) is 3. The van der Waals surface area contributed by atoms with Crippen molar-refractivity contribution in [3.63, 3.8) is 0 Å². The highest BCUT2D eigenvalue weighted by molar-refractivity contribution is 6.31. The first-order valence-electron chi connectivity index (χ1n) is 11.7. The Labute approximate surface area is 221 Å². The lowest BCUT2D eigenvalue weighted by Crippen LogP contribution is -2.26. The number of ketones is 1. The Morgan fingerprint density at radius 2 is 1.76 bits per heavy atom. The molecule has 38 heavy (non-hydrogen) atoms. The number of H-pyrrole nitrogens is 2. The number of nitro groups is 1. The molecule has 9 nitrogen and oxygen atoms in total. The molecule has 5 N–H and O–H groups in total. The van der Waals surface area contributed by atoms with Gasteiger partial charge in [-0.2, -0.15) is 0 Å². The number of amides is 1. The fraction of sp³-hybridized carbons (Fsp3) is 0.0714. The van der Waals surface area contributed by atoms with Crippen molar-refractivity contribution >= 4 is 45.7 Å². The Morgan fingerprint density at radius 3 is 2.53 bits per heavy atom. The van der Waals surface area contributed by atoms with Gasteiger partial charge in [-0.1, -0.05) is 60.1 Å². The van der Waals surface area contributed by atoms with Crippen LogP contribution in [0.15, 0.2) is 79.0 Å². The minimum absolute atomic E-state index is 0.0269. The minimum atomic E-state index is -0.611. The molecule has 0 atom stereocenters. The number of fused-ring (bicyclic) bond motifs is 1. The van der Waals surface area contributed by atoms with Crippen molar-refractivity contribution in [3.8, 4) is 11.1 Å². The van der Waals surface area contributed by atoms with E-state index in [1.807, 2.05) is 30.5 Å². The molecule has 0 radical (unpaired) electrons. The van der Waals surface area contributed by atoms with Crippen LogP contribution >= 0.6 is 11.6 Å². The summed E-state index contributed by atoms with van der Waals surface area (Å²) in [5, 5.41) is 16.0. The number of aromatic nitrogens is 2. The summed E-state index contributed by atoms with van der Waals surface area (Å²) in [4.78, 5) is 44.2. The number of carbonyl (C=O) groups is 2. The van der Waals surface area contributed by atoms with Crippen LogP contribution in [0.1, 0.15) is 32.0 Å². The highest BCUT2D eigenvalue weighted by atomic mass is 35.5. The number of carbonyl (C=O) groups excluding carboxylic acids is 2. The van der Waals surface area contributed by atoms with E-state index in [4.69, 9.17) is 17.3 Å². The average Bonchev–Trinajstić information content (AvgIpc) is 3.49. The third-order valence-corrected chi connectivity index (χ3v) is 6.53. The standard InChI is InChI=1S/C28H22ClN5O4/c29-18-10-11-20(22(14-18)34(37)38)23-24(27(30)33-25(23)26(35)16-6-2-1-3-7-16)28(36)31-13-12-17-15-32-21-9-5-4-8-19(17)21/h1-11,14-15,32-33H,12-13,30H2,(H,31,36). The van der Waals surface area contributed by atoms with Gasteiger partial charge in [0, 0.05) is 45.9 Å². The fourth-order valence-corrected chi connectivity index (χ4v) is 4.70. The largest absolute Gasteiger partial charge is 0.385 e. The van der Waals surface area contributed by atoms with E-state index in [0.717, 1.165) is 16.5 Å². The smallest absolute Gasteiger partial charge is 0.278 e. The molecule has 0 aliphatic carbocycles. The zero-order chi connectivity index (χ0) is 26.8. The maximum atomic E-state index is 13.5. The minimum Gasteiger partial charge on any atom is -0.385 e. The van der Waals surface area contributed by atoms with Gasteiger partial charge in [-0.05, 0) is 30.2 Å². The zero-order valence-electron chi connectivity index (χ0n) is 20.0. The summed E-state index contributed by atoms with van der Waals surface area (Å²) in [5.74, 6) is -1.10. The fourth-order valence-electron chi connectivity index (χ4n) is 4.53. The third-order valence-electron chi connectivity index (χ3n) is 6.30. The zero-order valence-corrected chi connectivity index (χ0v) is 20.7. The van der Waals surface area contributed by atoms with Gasteiger partial charge >= 0.3 is 0 Å². The Morgan fingerprint density at radius 1 is 1.03 bits per heavy atom. The molecule has 10 heteroatoms. The summed E-state index contributed by atoms with van der Waals surface area (Å²) < 4.78 is 0. The molecule has 1 amide bonds. The Bertz CT molecular complexity index is 1690. The molecule has 0 bridgehead atoms. The van der Waals surface area contributed by atoms with Gasteiger partial charge in [0.1, 0.15) is 5.82 Å². The molecule has 0 saturated carbocycles. The second-order valence-electron chi connectivity index (χ2n) is 8.64. The van der Waals surface area contributed by atoms with Crippen molar-refractivity contribution in [1.29, 1.82) is 0 Å². The van der Waals surface area contributed by atoms with Crippen molar-refractivity contribution < 1.29 is 14.5 Å². The van der Waals surface area contributed by atoms with E-state index in [0.29, 0.717) is 12.0 Å². The lowest BCUT2D eigenvalue weighted by molar-refractivity contribution is -0.384. The highest BCUT2D eigenvalue weighted by Gasteiger charge is 2.31. The maximum absolute atomic E-state index is 13.5. The molecular weight excluding hydrogens is 506 g/mol. The molecule has 0 spiro atoms. The van der Waals surface area contributed by atoms with Crippen molar-refractivity contribution in [2.75, 3.05) is 12.3 Å². The lowest BCUT2D eigenvalue weighted by atomic mass is 9.95. The average molecular weight is 528 g/mol. The molecule has 0 aliphatic heterocycles. The molecule has 2 aromatic heterocycles. The van der Waals surface area contributed by atoms with Crippen molar-refractivity contribution in [2.24, 2.45) is 0 Å². The van der Waals surface area contributed by atoms with Crippen LogP contribution in [0, 0.1) is 10.1 Å². The number of rotatable bonds is 8. The van der Waals surface area contributed by atoms with Crippen LogP contribution in [-0.4, -0.2) is 33.1 Å². The molecule has 5 aromatic rings. The topological polar surface area (TPSA) is 147 Å². The second-order valence-corrected chi connectivity index (χ2v) is 9.08. The van der Waals surface area contributed by atoms with Crippen LogP contribution in [0.2, 0.25) is 5.02 Å². The molecule has 3 aromatic carbocycles. The monoisotopic (exact) mass is 527 g/mol. The van der Waals surface area contributed by atoms with Crippen LogP contribution in [0.25, 0.3) is 22.0 Å². The number of nitrogens with zero attached hydrogens (tertiary/aromatic N) is 1. The van der Waals surface area contributed by atoms with Gasteiger partial charge < -0.3 is 21.0 Å². The molecule has 2 heterocycles. The first kappa shape index (κ1) is 24.8. The quantitative estimate of drug-likeness (QED) is 0.119. The van der Waals surface area contributed by atoms with Crippen molar-refractivity contribution in [2.45, 2.75) is 6.42 Å². The van der Waals surface area contributed by atoms with Gasteiger partial charge in [0.05, 0.1) is 21.7 Å². The molecule has 0 aliphatic rings. The molecule has 0 saturated heterocycles. The summed E-state index contributed by atoms with van der Waals surface area (Å²) in [6.45, 7) is 0.273. The van der Waals surface area contributed by atoms with E-state index in [-0.39, 0.29) is 45.5 Å². The van der Waals surface area contributed by atoms with E-state index in [2.05, 4.69) is 15.3 Å². The molecule has 0 fully saturated rings. The normalized spacial score (nSPS) is 11.0. The molecule has 5 rings (SSSR count). The Kier molecular flexibility index (Phi) is 6.68. The first-order valence-corrected chi connectivity index (χ1v) is 12.1. The van der Waals surface area contributed by atoms with Gasteiger partial charge in [-0.3, -0.25) is 19.7 Å². The van der Waals surface area contributed by atoms with E-state index in [1.165, 1.54) is 18.2 Å². The number of nitrogen functional groups attached to an aromatic ring is 1. The predicted octanol–water partition coefficient (Wildman–Crippen LogP) is 5.51. The Hall–Kier alpha value is -4.89. The number of hydrogen-bond donors (Lipinski definition) is 4. The second kappa shape index (κ2) is 10.2. The summed E-state index contributed by atoms with van der Waals surface area (Å²) in [7, 11) is 0. The summed E-state index contributed by atoms with van der Waals surface area (Å²) in [6.07, 6.45) is 2.42. The van der Waals surface area contributed by atoms with Gasteiger partial charge in [-0.25, -0.2) is 0 Å². The first-order chi connectivity index (χ1) is 18.3. The summed E-state index contributed by atoms with van der Waals surface area (Å²) in [5.41, 5.74) is 8.24. The molecule has 0 unspecified atom stereocenters. The van der Waals surface area contributed by atoms with Crippen LogP contribution in [0.5, 0.6) is 0 Å². The van der Waals surface area contributed by atoms with Gasteiger partial charge in [0.2, 0.25) is 5.78 Å². The van der Waals surface area contributed by atoms with Gasteiger partial charge in [0.15, 0.2) is 0 Å². The highest BCUT2D eigenvalue weighted by Crippen LogP contribution is 2.39. The number of nitrogens with two attached hydrogens (primary N) is 1. The molecule has 190 valence electrons. The van der Waals surface area contributed by atoms with E-state index < -0.39 is 16.6 Å². The van der Waals surface area contributed by atoms with Crippen LogP contribution in [0.4, 0.5) is 11.5 Å². The third kappa shape index (κ3) is 4.62. The Balaban J connectivity index is 1.54. The predicted molar refractivity (Wildman–Crippen MR) is 147 cm³/mol. The van der Waals surface area contributed by atoms with Gasteiger partial charge in [0.25, 0.3) is 11.6 Å². The van der Waals surface area contributed by atoms with E-state index in [9.17, 15) is 19.7 Å². The SMILES string of the molecule is Nc1[nH]c(C(=O)c2ccccc2)c(-c2ccc(Cl)cc2[N+](=O)[O-])c1C(=O)NCCc1c[nH]c2ccccc12. The van der Waals surface area contributed by atoms with Crippen molar-refractivity contribution in [1.82, 2.24) is 15.3 Å². The van der Waals surface area contributed by atoms with E-state index >= 15 is 0 Å². The number of aromatic amines is 2. The number of anilines is 1. The number of nitro benzene ring substituents is 1. The van der Waals surface area contributed by atoms with Crippen LogP contribution < -0.4 is 11.1 Å². The summed E-state index contributed by atoms with van der Waals surface area (Å²) >= 11 is 6.03. The van der Waals surface area contributed by atoms with Crippen molar-refractivity contribution in [3.05, 3.63) is 117 Å². The number of hydrogen-bond acceptors (Lipinski definition) is 5. The van der Waals surface area contributed by atoms with Crippen LogP contribution in [-0.2, 0) is 6.42 Å². The maximum Gasteiger partial charge on any atom is 0.278 e. The lowest BCUT2D eigenvalue weighted by Gasteiger charge is -2.10. The molecular formula is C28H22ClN5O4. The summed E-state index contributed by atoms with van der Waals surface area (Å²) in [6, 6.07) is 20.3. The van der Waals surface area contributed by atoms with Gasteiger partial charge in [-0.15, -0.1) is 0 Å².